The lowest BCUT2D eigenvalue weighted by atomic mass is 10.0. The third-order valence-electron chi connectivity index (χ3n) is 3.66. The van der Waals surface area contributed by atoms with Crippen LogP contribution in [0.25, 0.3) is 11.1 Å². The fraction of sp³-hybridized carbons (Fsp3) is 0.100. The van der Waals surface area contributed by atoms with Gasteiger partial charge in [-0.05, 0) is 60.9 Å². The van der Waals surface area contributed by atoms with Gasteiger partial charge in [-0.3, -0.25) is 0 Å². The number of nitrogens with zero attached hydrogens (tertiary/aromatic N) is 2. The highest BCUT2D eigenvalue weighted by atomic mass is 35.5. The van der Waals surface area contributed by atoms with Gasteiger partial charge >= 0.3 is 0 Å². The number of benzene rings is 3. The molecule has 24 heavy (non-hydrogen) atoms. The molecular weight excluding hydrogens is 339 g/mol. The van der Waals surface area contributed by atoms with Crippen LogP contribution in [0.5, 0.6) is 0 Å². The predicted molar refractivity (Wildman–Crippen MR) is 102 cm³/mol. The molecule has 0 unspecified atom stereocenters. The first-order chi connectivity index (χ1) is 11.5. The van der Waals surface area contributed by atoms with Gasteiger partial charge in [-0.15, -0.1) is 5.11 Å². The van der Waals surface area contributed by atoms with Crippen molar-refractivity contribution in [3.05, 3.63) is 81.8 Å². The van der Waals surface area contributed by atoms with E-state index in [9.17, 15) is 0 Å². The Morgan fingerprint density at radius 1 is 0.708 bits per heavy atom. The molecule has 0 saturated heterocycles. The molecule has 0 aliphatic carbocycles. The summed E-state index contributed by atoms with van der Waals surface area (Å²) in [6.45, 7) is 4.07. The molecule has 0 radical (unpaired) electrons. The minimum Gasteiger partial charge on any atom is -0.151 e. The van der Waals surface area contributed by atoms with E-state index in [1.807, 2.05) is 68.4 Å². The Morgan fingerprint density at radius 3 is 2.25 bits per heavy atom. The smallest absolute Gasteiger partial charge is 0.0937 e. The Morgan fingerprint density at radius 2 is 1.50 bits per heavy atom. The standard InChI is InChI=1S/C20H16Cl2N2/c1-13-4-3-5-16(10-13)23-24-20-11-14(2)6-8-17(20)15-7-9-18(21)19(22)12-15/h3-12H,1-2H3. The maximum absolute atomic E-state index is 6.15. The molecule has 0 aliphatic heterocycles. The topological polar surface area (TPSA) is 24.7 Å². The van der Waals surface area contributed by atoms with Gasteiger partial charge in [0.25, 0.3) is 0 Å². The minimum atomic E-state index is 0.524. The molecule has 0 saturated carbocycles. The van der Waals surface area contributed by atoms with Gasteiger partial charge < -0.3 is 0 Å². The Bertz CT molecular complexity index is 917. The SMILES string of the molecule is Cc1cccc(N=Nc2cc(C)ccc2-c2ccc(Cl)c(Cl)c2)c1. The lowest BCUT2D eigenvalue weighted by Gasteiger charge is -2.08. The van der Waals surface area contributed by atoms with Crippen LogP contribution >= 0.6 is 23.2 Å². The Balaban J connectivity index is 2.04. The molecule has 4 heteroatoms. The van der Waals surface area contributed by atoms with Crippen molar-refractivity contribution in [3.63, 3.8) is 0 Å². The summed E-state index contributed by atoms with van der Waals surface area (Å²) in [4.78, 5) is 0. The van der Waals surface area contributed by atoms with E-state index in [-0.39, 0.29) is 0 Å². The molecule has 2 nitrogen and oxygen atoms in total. The molecule has 0 heterocycles. The molecule has 0 spiro atoms. The van der Waals surface area contributed by atoms with Crippen molar-refractivity contribution in [1.29, 1.82) is 0 Å². The van der Waals surface area contributed by atoms with Crippen molar-refractivity contribution >= 4 is 34.6 Å². The van der Waals surface area contributed by atoms with E-state index in [1.165, 1.54) is 0 Å². The van der Waals surface area contributed by atoms with Crippen molar-refractivity contribution in [3.8, 4) is 11.1 Å². The summed E-state index contributed by atoms with van der Waals surface area (Å²) in [6.07, 6.45) is 0. The van der Waals surface area contributed by atoms with Crippen molar-refractivity contribution in [2.75, 3.05) is 0 Å². The molecule has 3 rings (SSSR count). The van der Waals surface area contributed by atoms with E-state index in [0.29, 0.717) is 10.0 Å². The summed E-state index contributed by atoms with van der Waals surface area (Å²) < 4.78 is 0. The van der Waals surface area contributed by atoms with Crippen molar-refractivity contribution < 1.29 is 0 Å². The summed E-state index contributed by atoms with van der Waals surface area (Å²) in [5.74, 6) is 0. The average molecular weight is 355 g/mol. The first-order valence-corrected chi connectivity index (χ1v) is 8.33. The molecule has 3 aromatic rings. The molecule has 0 aliphatic rings. The van der Waals surface area contributed by atoms with E-state index < -0.39 is 0 Å². The first kappa shape index (κ1) is 16.7. The van der Waals surface area contributed by atoms with Crippen LogP contribution in [-0.4, -0.2) is 0 Å². The number of aryl methyl sites for hydroxylation is 2. The number of halogens is 2. The summed E-state index contributed by atoms with van der Waals surface area (Å²) >= 11 is 12.2. The molecule has 0 N–H and O–H groups in total. The Kier molecular flexibility index (Phi) is 4.98. The number of rotatable bonds is 3. The quantitative estimate of drug-likeness (QED) is 0.430. The zero-order valence-electron chi connectivity index (χ0n) is 13.4. The van der Waals surface area contributed by atoms with Crippen LogP contribution in [-0.2, 0) is 0 Å². The van der Waals surface area contributed by atoms with Crippen LogP contribution < -0.4 is 0 Å². The van der Waals surface area contributed by atoms with Crippen LogP contribution in [0.4, 0.5) is 11.4 Å². The third-order valence-corrected chi connectivity index (χ3v) is 4.40. The van der Waals surface area contributed by atoms with Gasteiger partial charge in [-0.25, -0.2) is 0 Å². The second-order valence-electron chi connectivity index (χ2n) is 5.69. The number of azo groups is 1. The van der Waals surface area contributed by atoms with Crippen LogP contribution in [0.15, 0.2) is 70.9 Å². The largest absolute Gasteiger partial charge is 0.151 e. The lowest BCUT2D eigenvalue weighted by molar-refractivity contribution is 1.22. The molecular formula is C20H16Cl2N2. The number of hydrogen-bond donors (Lipinski definition) is 0. The highest BCUT2D eigenvalue weighted by Crippen LogP contribution is 2.35. The fourth-order valence-corrected chi connectivity index (χ4v) is 2.73. The van der Waals surface area contributed by atoms with E-state index in [4.69, 9.17) is 23.2 Å². The maximum atomic E-state index is 6.15. The van der Waals surface area contributed by atoms with Gasteiger partial charge in [-0.1, -0.05) is 53.5 Å². The van der Waals surface area contributed by atoms with Gasteiger partial charge in [0.1, 0.15) is 0 Å². The van der Waals surface area contributed by atoms with Crippen molar-refractivity contribution in [2.24, 2.45) is 10.2 Å². The van der Waals surface area contributed by atoms with Crippen LogP contribution in [0.3, 0.4) is 0 Å². The van der Waals surface area contributed by atoms with Crippen molar-refractivity contribution in [1.82, 2.24) is 0 Å². The zero-order valence-corrected chi connectivity index (χ0v) is 14.9. The normalized spacial score (nSPS) is 11.2. The minimum absolute atomic E-state index is 0.524. The summed E-state index contributed by atoms with van der Waals surface area (Å²) in [7, 11) is 0. The lowest BCUT2D eigenvalue weighted by Crippen LogP contribution is -1.82. The highest BCUT2D eigenvalue weighted by molar-refractivity contribution is 6.42. The zero-order chi connectivity index (χ0) is 17.1. The first-order valence-electron chi connectivity index (χ1n) is 7.57. The Labute approximate surface area is 151 Å². The second-order valence-corrected chi connectivity index (χ2v) is 6.50. The van der Waals surface area contributed by atoms with E-state index in [0.717, 1.165) is 33.6 Å². The van der Waals surface area contributed by atoms with E-state index in [1.54, 1.807) is 6.07 Å². The maximum Gasteiger partial charge on any atom is 0.0937 e. The van der Waals surface area contributed by atoms with Gasteiger partial charge in [0, 0.05) is 5.56 Å². The average Bonchev–Trinajstić information content (AvgIpc) is 2.56. The molecule has 120 valence electrons. The summed E-state index contributed by atoms with van der Waals surface area (Å²) in [5, 5.41) is 9.89. The molecule has 0 bridgehead atoms. The molecule has 3 aromatic carbocycles. The van der Waals surface area contributed by atoms with Gasteiger partial charge in [-0.2, -0.15) is 5.11 Å². The summed E-state index contributed by atoms with van der Waals surface area (Å²) in [5.41, 5.74) is 5.84. The third kappa shape index (κ3) is 3.84. The molecule has 0 amide bonds. The van der Waals surface area contributed by atoms with Crippen molar-refractivity contribution in [2.45, 2.75) is 13.8 Å². The molecule has 0 aromatic heterocycles. The van der Waals surface area contributed by atoms with E-state index >= 15 is 0 Å². The van der Waals surface area contributed by atoms with Gasteiger partial charge in [0.15, 0.2) is 0 Å². The second kappa shape index (κ2) is 7.16. The van der Waals surface area contributed by atoms with Crippen LogP contribution in [0.2, 0.25) is 10.0 Å². The molecule has 0 fully saturated rings. The van der Waals surface area contributed by atoms with Crippen LogP contribution in [0.1, 0.15) is 11.1 Å². The summed E-state index contributed by atoms with van der Waals surface area (Å²) in [6, 6.07) is 19.6. The number of hydrogen-bond acceptors (Lipinski definition) is 2. The highest BCUT2D eigenvalue weighted by Gasteiger charge is 2.08. The predicted octanol–water partition coefficient (Wildman–Crippen LogP) is 7.69. The van der Waals surface area contributed by atoms with E-state index in [2.05, 4.69) is 10.2 Å². The monoisotopic (exact) mass is 354 g/mol. The van der Waals surface area contributed by atoms with Gasteiger partial charge in [0.2, 0.25) is 0 Å². The van der Waals surface area contributed by atoms with Crippen LogP contribution in [0, 0.1) is 13.8 Å². The fourth-order valence-electron chi connectivity index (χ4n) is 2.43. The Hall–Kier alpha value is -2.16. The van der Waals surface area contributed by atoms with Gasteiger partial charge in [0.05, 0.1) is 21.4 Å². The molecule has 0 atom stereocenters.